The Hall–Kier alpha value is -2.81. The molecule has 3 heterocycles. The number of hydrogen-bond donors (Lipinski definition) is 0. The fraction of sp³-hybridized carbons (Fsp3) is 0.409. The van der Waals surface area contributed by atoms with Crippen LogP contribution in [0.15, 0.2) is 42.6 Å². The van der Waals surface area contributed by atoms with Gasteiger partial charge in [-0.15, -0.1) is 0 Å². The summed E-state index contributed by atoms with van der Waals surface area (Å²) in [4.78, 5) is 32.7. The Kier molecular flexibility index (Phi) is 5.79. The van der Waals surface area contributed by atoms with Gasteiger partial charge in [0.2, 0.25) is 5.91 Å². The minimum absolute atomic E-state index is 0.0463. The molecule has 4 rings (SSSR count). The van der Waals surface area contributed by atoms with Crippen molar-refractivity contribution >= 4 is 21.7 Å². The van der Waals surface area contributed by atoms with E-state index in [1.54, 1.807) is 37.5 Å². The Morgan fingerprint density at radius 1 is 1.16 bits per heavy atom. The molecule has 2 aliphatic rings. The number of pyridine rings is 1. The second-order valence-corrected chi connectivity index (χ2v) is 10.4. The number of sulfone groups is 1. The van der Waals surface area contributed by atoms with E-state index in [9.17, 15) is 22.4 Å². The number of halogens is 1. The summed E-state index contributed by atoms with van der Waals surface area (Å²) in [5.41, 5.74) is 1.29. The van der Waals surface area contributed by atoms with Gasteiger partial charge in [-0.3, -0.25) is 14.6 Å². The van der Waals surface area contributed by atoms with Crippen LogP contribution < -0.4 is 0 Å². The molecule has 0 radical (unpaired) electrons. The minimum Gasteiger partial charge on any atom is -0.338 e. The van der Waals surface area contributed by atoms with Crippen molar-refractivity contribution in [1.29, 1.82) is 0 Å². The number of benzene rings is 1. The monoisotopic (exact) mass is 445 g/mol. The Balaban J connectivity index is 1.43. The number of amides is 2. The highest BCUT2D eigenvalue weighted by Crippen LogP contribution is 2.26. The summed E-state index contributed by atoms with van der Waals surface area (Å²) in [7, 11) is -1.83. The lowest BCUT2D eigenvalue weighted by atomic mass is 10.0. The molecule has 2 amide bonds. The maximum absolute atomic E-state index is 14.1. The largest absolute Gasteiger partial charge is 0.338 e. The fourth-order valence-corrected chi connectivity index (χ4v) is 5.97. The van der Waals surface area contributed by atoms with Crippen LogP contribution >= 0.6 is 0 Å². The molecule has 2 fully saturated rings. The van der Waals surface area contributed by atoms with Crippen molar-refractivity contribution in [2.45, 2.75) is 30.6 Å². The first-order valence-corrected chi connectivity index (χ1v) is 12.0. The van der Waals surface area contributed by atoms with Gasteiger partial charge in [-0.05, 0) is 43.2 Å². The van der Waals surface area contributed by atoms with Crippen molar-refractivity contribution in [3.8, 4) is 11.3 Å². The highest BCUT2D eigenvalue weighted by Gasteiger charge is 2.42. The summed E-state index contributed by atoms with van der Waals surface area (Å²) in [6.07, 6.45) is 3.26. The van der Waals surface area contributed by atoms with Crippen LogP contribution in [-0.2, 0) is 14.6 Å². The standard InChI is InChI=1S/C22H24FN3O4S/c1-25(22(28)20-7-3-5-9-31(20,29)30)18-13-26(14-18)21(27)16-10-15(11-17(23)12-16)19-6-2-4-8-24-19/h2,4,6,8,10-12,18,20H,3,5,7,9,13-14H2,1H3. The molecule has 2 aromatic rings. The molecular formula is C22H24FN3O4S. The molecule has 2 aliphatic heterocycles. The third-order valence-electron chi connectivity index (χ3n) is 6.00. The summed E-state index contributed by atoms with van der Waals surface area (Å²) in [6, 6.07) is 9.14. The topological polar surface area (TPSA) is 87.7 Å². The van der Waals surface area contributed by atoms with Gasteiger partial charge >= 0.3 is 0 Å². The zero-order valence-corrected chi connectivity index (χ0v) is 18.0. The van der Waals surface area contributed by atoms with E-state index in [1.807, 2.05) is 0 Å². The third kappa shape index (κ3) is 4.32. The van der Waals surface area contributed by atoms with Gasteiger partial charge in [-0.1, -0.05) is 12.5 Å². The molecule has 0 N–H and O–H groups in total. The Morgan fingerprint density at radius 2 is 1.94 bits per heavy atom. The zero-order chi connectivity index (χ0) is 22.2. The minimum atomic E-state index is -3.41. The average Bonchev–Trinajstić information content (AvgIpc) is 2.72. The number of aromatic nitrogens is 1. The highest BCUT2D eigenvalue weighted by molar-refractivity contribution is 7.92. The lowest BCUT2D eigenvalue weighted by Gasteiger charge is -2.44. The van der Waals surface area contributed by atoms with Gasteiger partial charge in [0.15, 0.2) is 9.84 Å². The molecule has 7 nitrogen and oxygen atoms in total. The number of likely N-dealkylation sites (tertiary alicyclic amines) is 1. The van der Waals surface area contributed by atoms with E-state index in [1.165, 1.54) is 21.9 Å². The molecule has 0 bridgehead atoms. The second-order valence-electron chi connectivity index (χ2n) is 8.11. The van der Waals surface area contributed by atoms with Crippen LogP contribution in [0.3, 0.4) is 0 Å². The van der Waals surface area contributed by atoms with Crippen molar-refractivity contribution in [2.75, 3.05) is 25.9 Å². The first kappa shape index (κ1) is 21.4. The van der Waals surface area contributed by atoms with Crippen LogP contribution in [0.4, 0.5) is 4.39 Å². The number of rotatable bonds is 4. The van der Waals surface area contributed by atoms with Gasteiger partial charge < -0.3 is 9.80 Å². The molecule has 0 aliphatic carbocycles. The summed E-state index contributed by atoms with van der Waals surface area (Å²) >= 11 is 0. The zero-order valence-electron chi connectivity index (χ0n) is 17.2. The third-order valence-corrected chi connectivity index (χ3v) is 8.17. The van der Waals surface area contributed by atoms with Crippen molar-refractivity contribution in [1.82, 2.24) is 14.8 Å². The summed E-state index contributed by atoms with van der Waals surface area (Å²) in [5.74, 6) is -1.22. The predicted molar refractivity (Wildman–Crippen MR) is 114 cm³/mol. The molecular weight excluding hydrogens is 421 g/mol. The molecule has 0 saturated carbocycles. The lowest BCUT2D eigenvalue weighted by Crippen LogP contribution is -2.63. The van der Waals surface area contributed by atoms with Gasteiger partial charge in [0.1, 0.15) is 11.1 Å². The highest BCUT2D eigenvalue weighted by atomic mass is 32.2. The van der Waals surface area contributed by atoms with E-state index in [0.717, 1.165) is 6.42 Å². The summed E-state index contributed by atoms with van der Waals surface area (Å²) < 4.78 is 38.6. The number of likely N-dealkylation sites (N-methyl/N-ethyl adjacent to an activating group) is 1. The molecule has 164 valence electrons. The molecule has 0 spiro atoms. The molecule has 31 heavy (non-hydrogen) atoms. The van der Waals surface area contributed by atoms with Crippen molar-refractivity contribution < 1.29 is 22.4 Å². The van der Waals surface area contributed by atoms with Crippen LogP contribution in [0, 0.1) is 5.82 Å². The molecule has 9 heteroatoms. The molecule has 1 aromatic heterocycles. The Morgan fingerprint density at radius 3 is 2.61 bits per heavy atom. The normalized spacial score (nSPS) is 20.7. The Labute approximate surface area is 180 Å². The maximum Gasteiger partial charge on any atom is 0.254 e. The van der Waals surface area contributed by atoms with Crippen molar-refractivity contribution in [3.05, 3.63) is 54.0 Å². The number of carbonyl (C=O) groups is 2. The van der Waals surface area contributed by atoms with Gasteiger partial charge in [-0.2, -0.15) is 0 Å². The van der Waals surface area contributed by atoms with Crippen LogP contribution in [0.2, 0.25) is 0 Å². The van der Waals surface area contributed by atoms with Gasteiger partial charge in [0.05, 0.1) is 17.5 Å². The van der Waals surface area contributed by atoms with E-state index in [-0.39, 0.29) is 36.4 Å². The smallest absolute Gasteiger partial charge is 0.254 e. The van der Waals surface area contributed by atoms with Crippen LogP contribution in [0.25, 0.3) is 11.3 Å². The summed E-state index contributed by atoms with van der Waals surface area (Å²) in [5, 5.41) is -0.986. The molecule has 2 saturated heterocycles. The first-order valence-electron chi connectivity index (χ1n) is 10.3. The Bertz CT molecular complexity index is 1100. The molecule has 1 atom stereocenters. The van der Waals surface area contributed by atoms with E-state index in [0.29, 0.717) is 24.1 Å². The molecule has 1 aromatic carbocycles. The van der Waals surface area contributed by atoms with Gasteiger partial charge in [0, 0.05) is 37.5 Å². The number of hydrogen-bond acceptors (Lipinski definition) is 5. The van der Waals surface area contributed by atoms with Gasteiger partial charge in [0.25, 0.3) is 5.91 Å². The van der Waals surface area contributed by atoms with E-state index in [4.69, 9.17) is 0 Å². The predicted octanol–water partition coefficient (Wildman–Crippen LogP) is 2.14. The maximum atomic E-state index is 14.1. The van der Waals surface area contributed by atoms with Crippen LogP contribution in [-0.4, -0.2) is 72.2 Å². The summed E-state index contributed by atoms with van der Waals surface area (Å²) in [6.45, 7) is 0.562. The first-order chi connectivity index (χ1) is 14.8. The van der Waals surface area contributed by atoms with Gasteiger partial charge in [-0.25, -0.2) is 12.8 Å². The SMILES string of the molecule is CN(C(=O)C1CCCCS1(=O)=O)C1CN(C(=O)c2cc(F)cc(-c3ccccn3)c2)C1. The van der Waals surface area contributed by atoms with E-state index in [2.05, 4.69) is 4.98 Å². The fourth-order valence-electron chi connectivity index (χ4n) is 4.08. The van der Waals surface area contributed by atoms with E-state index < -0.39 is 26.8 Å². The molecule has 1 unspecified atom stereocenters. The average molecular weight is 446 g/mol. The second kappa shape index (κ2) is 8.37. The van der Waals surface area contributed by atoms with Crippen LogP contribution in [0.1, 0.15) is 29.6 Å². The lowest BCUT2D eigenvalue weighted by molar-refractivity contribution is -0.134. The van der Waals surface area contributed by atoms with Crippen molar-refractivity contribution in [3.63, 3.8) is 0 Å². The van der Waals surface area contributed by atoms with E-state index >= 15 is 0 Å². The van der Waals surface area contributed by atoms with Crippen LogP contribution in [0.5, 0.6) is 0 Å². The number of carbonyl (C=O) groups excluding carboxylic acids is 2. The number of nitrogens with zero attached hydrogens (tertiary/aromatic N) is 3. The quantitative estimate of drug-likeness (QED) is 0.720. The van der Waals surface area contributed by atoms with Crippen molar-refractivity contribution in [2.24, 2.45) is 0 Å².